The van der Waals surface area contributed by atoms with Gasteiger partial charge in [0.05, 0.1) is 5.56 Å². The van der Waals surface area contributed by atoms with Gasteiger partial charge in [-0.15, -0.1) is 0 Å². The molecule has 4 heteroatoms. The molecule has 0 radical (unpaired) electrons. The van der Waals surface area contributed by atoms with Crippen LogP contribution in [0.1, 0.15) is 10.4 Å². The van der Waals surface area contributed by atoms with E-state index in [0.29, 0.717) is 34.5 Å². The summed E-state index contributed by atoms with van der Waals surface area (Å²) >= 11 is 0. The Labute approximate surface area is 119 Å². The van der Waals surface area contributed by atoms with E-state index in [0.717, 1.165) is 0 Å². The van der Waals surface area contributed by atoms with Gasteiger partial charge in [0, 0.05) is 11.1 Å². The highest BCUT2D eigenvalue weighted by molar-refractivity contribution is 5.87. The highest BCUT2D eigenvalue weighted by atomic mass is 19.1. The van der Waals surface area contributed by atoms with Crippen molar-refractivity contribution < 1.29 is 18.0 Å². The second-order valence-corrected chi connectivity index (χ2v) is 4.53. The zero-order valence-electron chi connectivity index (χ0n) is 10.8. The van der Waals surface area contributed by atoms with Crippen molar-refractivity contribution in [1.82, 2.24) is 0 Å². The SMILES string of the molecule is O=Cc1cc(-c2ccc(F)cc2)oc1-c1ccc(F)cc1. The molecule has 104 valence electrons. The third-order valence-electron chi connectivity index (χ3n) is 3.12. The molecule has 0 bridgehead atoms. The second-order valence-electron chi connectivity index (χ2n) is 4.53. The molecule has 1 aromatic heterocycles. The molecule has 0 aliphatic heterocycles. The zero-order chi connectivity index (χ0) is 14.8. The first-order valence-corrected chi connectivity index (χ1v) is 6.28. The summed E-state index contributed by atoms with van der Waals surface area (Å²) in [5, 5.41) is 0. The van der Waals surface area contributed by atoms with Gasteiger partial charge in [0.25, 0.3) is 0 Å². The van der Waals surface area contributed by atoms with Gasteiger partial charge in [-0.2, -0.15) is 0 Å². The molecule has 2 aromatic carbocycles. The summed E-state index contributed by atoms with van der Waals surface area (Å²) in [6.45, 7) is 0. The van der Waals surface area contributed by atoms with Crippen molar-refractivity contribution in [2.75, 3.05) is 0 Å². The van der Waals surface area contributed by atoms with Gasteiger partial charge in [-0.05, 0) is 54.6 Å². The van der Waals surface area contributed by atoms with Crippen LogP contribution in [0.4, 0.5) is 8.78 Å². The number of halogens is 2. The molecule has 2 nitrogen and oxygen atoms in total. The third-order valence-corrected chi connectivity index (χ3v) is 3.12. The van der Waals surface area contributed by atoms with Gasteiger partial charge in [-0.25, -0.2) is 8.78 Å². The fourth-order valence-electron chi connectivity index (χ4n) is 2.08. The van der Waals surface area contributed by atoms with Gasteiger partial charge in [0.1, 0.15) is 23.2 Å². The second kappa shape index (κ2) is 5.32. The molecule has 0 saturated carbocycles. The standard InChI is InChI=1S/C17H10F2O2/c18-14-5-1-11(2-6-14)16-9-13(10-20)17(21-16)12-3-7-15(19)8-4-12/h1-10H. The maximum atomic E-state index is 13.0. The summed E-state index contributed by atoms with van der Waals surface area (Å²) in [5.41, 5.74) is 1.63. The minimum atomic E-state index is -0.364. The van der Waals surface area contributed by atoms with E-state index >= 15 is 0 Å². The summed E-state index contributed by atoms with van der Waals surface area (Å²) in [7, 11) is 0. The van der Waals surface area contributed by atoms with Gasteiger partial charge in [-0.1, -0.05) is 0 Å². The molecule has 0 atom stereocenters. The zero-order valence-corrected chi connectivity index (χ0v) is 10.8. The first kappa shape index (κ1) is 13.2. The Morgan fingerprint density at radius 1 is 0.810 bits per heavy atom. The average molecular weight is 284 g/mol. The van der Waals surface area contributed by atoms with Gasteiger partial charge in [-0.3, -0.25) is 4.79 Å². The van der Waals surface area contributed by atoms with Crippen LogP contribution in [0, 0.1) is 11.6 Å². The molecule has 0 aliphatic rings. The van der Waals surface area contributed by atoms with Gasteiger partial charge >= 0.3 is 0 Å². The van der Waals surface area contributed by atoms with E-state index in [1.54, 1.807) is 18.2 Å². The molecule has 0 unspecified atom stereocenters. The molecule has 1 heterocycles. The van der Waals surface area contributed by atoms with Crippen LogP contribution in [0.3, 0.4) is 0 Å². The van der Waals surface area contributed by atoms with Crippen LogP contribution >= 0.6 is 0 Å². The highest BCUT2D eigenvalue weighted by Gasteiger charge is 2.14. The van der Waals surface area contributed by atoms with Crippen molar-refractivity contribution in [2.45, 2.75) is 0 Å². The Morgan fingerprint density at radius 3 is 1.86 bits per heavy atom. The summed E-state index contributed by atoms with van der Waals surface area (Å²) in [5.74, 6) is 0.108. The molecule has 21 heavy (non-hydrogen) atoms. The van der Waals surface area contributed by atoms with Crippen molar-refractivity contribution in [3.8, 4) is 22.6 Å². The molecule has 0 N–H and O–H groups in total. The van der Waals surface area contributed by atoms with Crippen LogP contribution in [0.5, 0.6) is 0 Å². The van der Waals surface area contributed by atoms with Crippen molar-refractivity contribution in [2.24, 2.45) is 0 Å². The van der Waals surface area contributed by atoms with E-state index in [4.69, 9.17) is 4.42 Å². The van der Waals surface area contributed by atoms with E-state index in [9.17, 15) is 13.6 Å². The Morgan fingerprint density at radius 2 is 1.33 bits per heavy atom. The predicted octanol–water partition coefficient (Wildman–Crippen LogP) is 4.70. The molecule has 0 saturated heterocycles. The lowest BCUT2D eigenvalue weighted by Gasteiger charge is -1.99. The van der Waals surface area contributed by atoms with Crippen molar-refractivity contribution in [1.29, 1.82) is 0 Å². The number of aldehydes is 1. The van der Waals surface area contributed by atoms with Crippen molar-refractivity contribution in [3.63, 3.8) is 0 Å². The smallest absolute Gasteiger partial charge is 0.153 e. The van der Waals surface area contributed by atoms with Crippen LogP contribution in [0.2, 0.25) is 0 Å². The largest absolute Gasteiger partial charge is 0.455 e. The maximum absolute atomic E-state index is 13.0. The van der Waals surface area contributed by atoms with Crippen molar-refractivity contribution >= 4 is 6.29 Å². The Kier molecular flexibility index (Phi) is 3.36. The van der Waals surface area contributed by atoms with Crippen LogP contribution in [0.25, 0.3) is 22.6 Å². The van der Waals surface area contributed by atoms with E-state index in [1.165, 1.54) is 36.4 Å². The third kappa shape index (κ3) is 2.60. The van der Waals surface area contributed by atoms with Crippen molar-refractivity contribution in [3.05, 3.63) is 71.8 Å². The van der Waals surface area contributed by atoms with Crippen LogP contribution in [-0.4, -0.2) is 6.29 Å². The summed E-state index contributed by atoms with van der Waals surface area (Å²) < 4.78 is 31.6. The van der Waals surface area contributed by atoms with E-state index in [2.05, 4.69) is 0 Å². The Balaban J connectivity index is 2.08. The topological polar surface area (TPSA) is 30.2 Å². The summed E-state index contributed by atoms with van der Waals surface area (Å²) in [6.07, 6.45) is 0.676. The number of hydrogen-bond donors (Lipinski definition) is 0. The lowest BCUT2D eigenvalue weighted by molar-refractivity contribution is 0.112. The summed E-state index contributed by atoms with van der Waals surface area (Å²) in [6, 6.07) is 13.0. The van der Waals surface area contributed by atoms with Crippen LogP contribution in [0.15, 0.2) is 59.0 Å². The number of furan rings is 1. The lowest BCUT2D eigenvalue weighted by atomic mass is 10.1. The molecular weight excluding hydrogens is 274 g/mol. The highest BCUT2D eigenvalue weighted by Crippen LogP contribution is 2.32. The number of carbonyl (C=O) groups excluding carboxylic acids is 1. The van der Waals surface area contributed by atoms with Crippen LogP contribution in [-0.2, 0) is 0 Å². The van der Waals surface area contributed by atoms with Gasteiger partial charge in [0.2, 0.25) is 0 Å². The summed E-state index contributed by atoms with van der Waals surface area (Å²) in [4.78, 5) is 11.2. The number of carbonyl (C=O) groups is 1. The van der Waals surface area contributed by atoms with E-state index in [-0.39, 0.29) is 11.6 Å². The minimum absolute atomic E-state index is 0.348. The fourth-order valence-corrected chi connectivity index (χ4v) is 2.08. The quantitative estimate of drug-likeness (QED) is 0.652. The van der Waals surface area contributed by atoms with Crippen LogP contribution < -0.4 is 0 Å². The fraction of sp³-hybridized carbons (Fsp3) is 0. The van der Waals surface area contributed by atoms with Gasteiger partial charge < -0.3 is 4.42 Å². The Hall–Kier alpha value is -2.75. The predicted molar refractivity (Wildman–Crippen MR) is 74.9 cm³/mol. The number of rotatable bonds is 3. The molecular formula is C17H10F2O2. The molecule has 0 spiro atoms. The number of hydrogen-bond acceptors (Lipinski definition) is 2. The minimum Gasteiger partial charge on any atom is -0.455 e. The molecule has 0 aliphatic carbocycles. The Bertz CT molecular complexity index is 772. The molecule has 3 aromatic rings. The maximum Gasteiger partial charge on any atom is 0.153 e. The van der Waals surface area contributed by atoms with Gasteiger partial charge in [0.15, 0.2) is 6.29 Å². The van der Waals surface area contributed by atoms with E-state index < -0.39 is 0 Å². The lowest BCUT2D eigenvalue weighted by Crippen LogP contribution is -1.81. The first-order valence-electron chi connectivity index (χ1n) is 6.28. The first-order chi connectivity index (χ1) is 10.2. The van der Waals surface area contributed by atoms with E-state index in [1.807, 2.05) is 0 Å². The molecule has 0 fully saturated rings. The monoisotopic (exact) mass is 284 g/mol. The molecule has 3 rings (SSSR count). The normalized spacial score (nSPS) is 10.6. The number of benzene rings is 2. The molecule has 0 amide bonds. The average Bonchev–Trinajstić information content (AvgIpc) is 2.93.